The summed E-state index contributed by atoms with van der Waals surface area (Å²) in [4.78, 5) is 6.50. The van der Waals surface area contributed by atoms with Crippen LogP contribution >= 0.6 is 23.8 Å². The van der Waals surface area contributed by atoms with Crippen molar-refractivity contribution < 1.29 is 0 Å². The number of benzene rings is 1. The molecule has 0 radical (unpaired) electrons. The summed E-state index contributed by atoms with van der Waals surface area (Å²) >= 11 is 11.1. The van der Waals surface area contributed by atoms with E-state index in [1.165, 1.54) is 0 Å². The average molecular weight is 292 g/mol. The molecule has 0 fully saturated rings. The Hall–Kier alpha value is -1.65. The third-order valence-electron chi connectivity index (χ3n) is 2.80. The lowest BCUT2D eigenvalue weighted by Gasteiger charge is -2.20. The van der Waals surface area contributed by atoms with Gasteiger partial charge in [-0.15, -0.1) is 0 Å². The molecule has 3 nitrogen and oxygen atoms in total. The summed E-state index contributed by atoms with van der Waals surface area (Å²) in [6.45, 7) is 0.761. The summed E-state index contributed by atoms with van der Waals surface area (Å²) in [5.41, 5.74) is 8.44. The van der Waals surface area contributed by atoms with Gasteiger partial charge in [0.2, 0.25) is 0 Å². The molecule has 1 aromatic carbocycles. The van der Waals surface area contributed by atoms with Gasteiger partial charge in [0.05, 0.1) is 5.02 Å². The lowest BCUT2D eigenvalue weighted by atomic mass is 10.2. The van der Waals surface area contributed by atoms with E-state index in [4.69, 9.17) is 29.6 Å². The second kappa shape index (κ2) is 5.99. The molecule has 0 bridgehead atoms. The van der Waals surface area contributed by atoms with Crippen LogP contribution in [0.15, 0.2) is 42.7 Å². The molecular formula is C14H14ClN3S. The van der Waals surface area contributed by atoms with E-state index in [2.05, 4.69) is 9.88 Å². The summed E-state index contributed by atoms with van der Waals surface area (Å²) in [7, 11) is 2.00. The zero-order valence-corrected chi connectivity index (χ0v) is 12.1. The molecule has 2 rings (SSSR count). The van der Waals surface area contributed by atoms with Gasteiger partial charge in [-0.25, -0.2) is 0 Å². The minimum absolute atomic E-state index is 0.312. The highest BCUT2D eigenvalue weighted by Crippen LogP contribution is 2.24. The van der Waals surface area contributed by atoms with E-state index in [1.54, 1.807) is 6.20 Å². The lowest BCUT2D eigenvalue weighted by Crippen LogP contribution is -2.17. The molecule has 0 unspecified atom stereocenters. The van der Waals surface area contributed by atoms with Crippen LogP contribution in [0.25, 0.3) is 0 Å². The quantitative estimate of drug-likeness (QED) is 0.880. The third-order valence-corrected chi connectivity index (χ3v) is 3.33. The first-order valence-corrected chi connectivity index (χ1v) is 6.56. The molecule has 5 heteroatoms. The van der Waals surface area contributed by atoms with Crippen molar-refractivity contribution in [2.75, 3.05) is 11.9 Å². The fraction of sp³-hybridized carbons (Fsp3) is 0.143. The number of halogens is 1. The van der Waals surface area contributed by atoms with E-state index in [0.29, 0.717) is 15.6 Å². The van der Waals surface area contributed by atoms with Gasteiger partial charge < -0.3 is 10.6 Å². The number of aromatic nitrogens is 1. The Morgan fingerprint density at radius 1 is 1.42 bits per heavy atom. The standard InChI is InChI=1S/C14H14ClN3S/c1-18(9-10-3-2-6-17-8-10)11-4-5-12(14(16)19)13(15)7-11/h2-8H,9H2,1H3,(H2,16,19). The zero-order chi connectivity index (χ0) is 13.8. The average Bonchev–Trinajstić information content (AvgIpc) is 2.39. The van der Waals surface area contributed by atoms with Crippen LogP contribution < -0.4 is 10.6 Å². The number of thiocarbonyl (C=S) groups is 1. The fourth-order valence-corrected chi connectivity index (χ4v) is 2.31. The molecule has 0 aliphatic heterocycles. The third kappa shape index (κ3) is 3.43. The number of pyridine rings is 1. The van der Waals surface area contributed by atoms with E-state index in [1.807, 2.05) is 43.6 Å². The van der Waals surface area contributed by atoms with Crippen LogP contribution in [0.4, 0.5) is 5.69 Å². The maximum atomic E-state index is 6.16. The van der Waals surface area contributed by atoms with Gasteiger partial charge in [0.15, 0.2) is 0 Å². The molecule has 98 valence electrons. The maximum Gasteiger partial charge on any atom is 0.105 e. The Morgan fingerprint density at radius 3 is 2.79 bits per heavy atom. The van der Waals surface area contributed by atoms with Gasteiger partial charge in [-0.2, -0.15) is 0 Å². The Balaban J connectivity index is 2.18. The number of anilines is 1. The van der Waals surface area contributed by atoms with Crippen LogP contribution in [-0.2, 0) is 6.54 Å². The largest absolute Gasteiger partial charge is 0.389 e. The summed E-state index contributed by atoms with van der Waals surface area (Å²) in [6.07, 6.45) is 3.61. The first kappa shape index (κ1) is 13.8. The Kier molecular flexibility index (Phi) is 4.35. The number of nitrogens with two attached hydrogens (primary N) is 1. The van der Waals surface area contributed by atoms with E-state index < -0.39 is 0 Å². The van der Waals surface area contributed by atoms with Gasteiger partial charge in [-0.05, 0) is 29.8 Å². The monoisotopic (exact) mass is 291 g/mol. The van der Waals surface area contributed by atoms with E-state index in [9.17, 15) is 0 Å². The Bertz CT molecular complexity index is 586. The van der Waals surface area contributed by atoms with Crippen LogP contribution in [0.5, 0.6) is 0 Å². The lowest BCUT2D eigenvalue weighted by molar-refractivity contribution is 0.915. The minimum Gasteiger partial charge on any atom is -0.389 e. The topological polar surface area (TPSA) is 42.2 Å². The number of hydrogen-bond donors (Lipinski definition) is 1. The van der Waals surface area contributed by atoms with Crippen molar-refractivity contribution in [3.8, 4) is 0 Å². The normalized spacial score (nSPS) is 10.2. The van der Waals surface area contributed by atoms with Crippen LogP contribution in [0, 0.1) is 0 Å². The molecule has 1 aromatic heterocycles. The predicted octanol–water partition coefficient (Wildman–Crippen LogP) is 3.01. The number of nitrogens with zero attached hydrogens (tertiary/aromatic N) is 2. The summed E-state index contributed by atoms with van der Waals surface area (Å²) in [5, 5.41) is 0.572. The highest BCUT2D eigenvalue weighted by atomic mass is 35.5. The summed E-state index contributed by atoms with van der Waals surface area (Å²) in [5.74, 6) is 0. The molecule has 0 amide bonds. The van der Waals surface area contributed by atoms with Crippen molar-refractivity contribution in [3.05, 3.63) is 58.9 Å². The summed E-state index contributed by atoms with van der Waals surface area (Å²) in [6, 6.07) is 9.63. The number of hydrogen-bond acceptors (Lipinski definition) is 3. The van der Waals surface area contributed by atoms with Crippen molar-refractivity contribution in [1.29, 1.82) is 0 Å². The van der Waals surface area contributed by atoms with Crippen molar-refractivity contribution in [2.24, 2.45) is 5.73 Å². The smallest absolute Gasteiger partial charge is 0.105 e. The molecule has 19 heavy (non-hydrogen) atoms. The molecular weight excluding hydrogens is 278 g/mol. The fourth-order valence-electron chi connectivity index (χ4n) is 1.80. The number of rotatable bonds is 4. The Labute approximate surface area is 123 Å². The van der Waals surface area contributed by atoms with Crippen LogP contribution in [-0.4, -0.2) is 17.0 Å². The van der Waals surface area contributed by atoms with Crippen LogP contribution in [0.3, 0.4) is 0 Å². The van der Waals surface area contributed by atoms with Crippen molar-refractivity contribution in [1.82, 2.24) is 4.98 Å². The van der Waals surface area contributed by atoms with E-state index >= 15 is 0 Å². The SMILES string of the molecule is CN(Cc1cccnc1)c1ccc(C(N)=S)c(Cl)c1. The summed E-state index contributed by atoms with van der Waals surface area (Å²) < 4.78 is 0. The van der Waals surface area contributed by atoms with Gasteiger partial charge in [0, 0.05) is 37.2 Å². The first-order chi connectivity index (χ1) is 9.08. The van der Waals surface area contributed by atoms with Crippen molar-refractivity contribution in [3.63, 3.8) is 0 Å². The van der Waals surface area contributed by atoms with Crippen molar-refractivity contribution in [2.45, 2.75) is 6.54 Å². The molecule has 0 saturated carbocycles. The van der Waals surface area contributed by atoms with Gasteiger partial charge in [0.25, 0.3) is 0 Å². The molecule has 0 spiro atoms. The molecule has 2 aromatic rings. The van der Waals surface area contributed by atoms with Gasteiger partial charge in [-0.3, -0.25) is 4.98 Å². The van der Waals surface area contributed by atoms with Gasteiger partial charge in [0.1, 0.15) is 4.99 Å². The van der Waals surface area contributed by atoms with E-state index in [-0.39, 0.29) is 0 Å². The highest BCUT2D eigenvalue weighted by molar-refractivity contribution is 7.80. The van der Waals surface area contributed by atoms with Crippen LogP contribution in [0.1, 0.15) is 11.1 Å². The zero-order valence-electron chi connectivity index (χ0n) is 10.5. The van der Waals surface area contributed by atoms with Gasteiger partial charge in [-0.1, -0.05) is 29.9 Å². The highest BCUT2D eigenvalue weighted by Gasteiger charge is 2.07. The second-order valence-electron chi connectivity index (χ2n) is 4.25. The molecule has 0 saturated heterocycles. The van der Waals surface area contributed by atoms with Crippen LogP contribution in [0.2, 0.25) is 5.02 Å². The molecule has 1 heterocycles. The van der Waals surface area contributed by atoms with Gasteiger partial charge >= 0.3 is 0 Å². The molecule has 2 N–H and O–H groups in total. The second-order valence-corrected chi connectivity index (χ2v) is 5.09. The molecule has 0 atom stereocenters. The van der Waals surface area contributed by atoms with Crippen molar-refractivity contribution >= 4 is 34.5 Å². The molecule has 0 aliphatic rings. The first-order valence-electron chi connectivity index (χ1n) is 5.77. The maximum absolute atomic E-state index is 6.16. The Morgan fingerprint density at radius 2 is 2.21 bits per heavy atom. The minimum atomic E-state index is 0.312. The predicted molar refractivity (Wildman–Crippen MR) is 83.7 cm³/mol. The van der Waals surface area contributed by atoms with E-state index in [0.717, 1.165) is 17.8 Å². The molecule has 0 aliphatic carbocycles.